The number of nitrogens with one attached hydrogen (secondary N) is 3. The molecule has 0 radical (unpaired) electrons. The van der Waals surface area contributed by atoms with E-state index in [1.807, 2.05) is 0 Å². The molecule has 2 heterocycles. The molecule has 0 spiro atoms. The Bertz CT molecular complexity index is 987. The molecule has 0 fully saturated rings. The standard InChI is InChI=1S/C15H13FN4O3S.2ClH/c16-11-3-1-9(8-18-24(22)23)7-13(11)19-12-5-6-17-15-10(12)2-4-14(21)20-15;;/h1-7,18H,8H2,(H,22,23)(H2,17,19,20,21);2*1H/p-1. The van der Waals surface area contributed by atoms with Crippen LogP contribution in [0.5, 0.6) is 0 Å². The first kappa shape index (κ1) is 22.0. The molecule has 0 aliphatic carbocycles. The SMILES string of the molecule is Cl.Cl.O=c1ccc2c(Nc3cc(CNS(=O)[O-])ccc3F)ccnc2[nH]1. The van der Waals surface area contributed by atoms with E-state index in [1.165, 1.54) is 30.5 Å². The number of rotatable bonds is 5. The maximum atomic E-state index is 14.0. The zero-order chi connectivity index (χ0) is 17.1. The highest BCUT2D eigenvalue weighted by Crippen LogP contribution is 2.25. The molecular weight excluding hydrogens is 406 g/mol. The molecule has 0 amide bonds. The zero-order valence-corrected chi connectivity index (χ0v) is 15.5. The average molecular weight is 420 g/mol. The number of aromatic nitrogens is 2. The van der Waals surface area contributed by atoms with E-state index < -0.39 is 17.1 Å². The summed E-state index contributed by atoms with van der Waals surface area (Å²) in [6, 6.07) is 8.84. The van der Waals surface area contributed by atoms with Crippen LogP contribution in [0.1, 0.15) is 5.56 Å². The molecule has 0 bridgehead atoms. The normalized spacial score (nSPS) is 11.3. The van der Waals surface area contributed by atoms with Crippen LogP contribution in [0.2, 0.25) is 0 Å². The van der Waals surface area contributed by atoms with Gasteiger partial charge >= 0.3 is 0 Å². The smallest absolute Gasteiger partial charge is 0.249 e. The van der Waals surface area contributed by atoms with Gasteiger partial charge in [-0.25, -0.2) is 14.1 Å². The first-order valence-electron chi connectivity index (χ1n) is 6.89. The van der Waals surface area contributed by atoms with Crippen molar-refractivity contribution in [3.05, 3.63) is 64.3 Å². The molecular formula is C15H14Cl2FN4O3S-. The lowest BCUT2D eigenvalue weighted by Gasteiger charge is -2.12. The summed E-state index contributed by atoms with van der Waals surface area (Å²) in [5.74, 6) is -0.489. The number of fused-ring (bicyclic) bond motifs is 1. The summed E-state index contributed by atoms with van der Waals surface area (Å²) in [5, 5.41) is 3.57. The van der Waals surface area contributed by atoms with E-state index >= 15 is 0 Å². The third kappa shape index (κ3) is 5.23. The first-order chi connectivity index (χ1) is 11.5. The quantitative estimate of drug-likeness (QED) is 0.550. The zero-order valence-electron chi connectivity index (χ0n) is 13.0. The molecule has 1 atom stereocenters. The number of H-pyrrole nitrogens is 1. The van der Waals surface area contributed by atoms with Gasteiger partial charge in [-0.05, 0) is 29.8 Å². The van der Waals surface area contributed by atoms with Gasteiger partial charge in [0.25, 0.3) is 0 Å². The topological polar surface area (TPSA) is 110 Å². The van der Waals surface area contributed by atoms with Gasteiger partial charge in [0, 0.05) is 35.5 Å². The van der Waals surface area contributed by atoms with Gasteiger partial charge in [-0.3, -0.25) is 9.00 Å². The van der Waals surface area contributed by atoms with E-state index in [4.69, 9.17) is 0 Å². The monoisotopic (exact) mass is 419 g/mol. The first-order valence-corrected chi connectivity index (χ1v) is 7.97. The molecule has 1 unspecified atom stereocenters. The number of pyridine rings is 2. The summed E-state index contributed by atoms with van der Waals surface area (Å²) < 4.78 is 37.4. The predicted molar refractivity (Wildman–Crippen MR) is 102 cm³/mol. The van der Waals surface area contributed by atoms with Crippen molar-refractivity contribution in [1.82, 2.24) is 14.7 Å². The molecule has 1 aromatic carbocycles. The molecule has 0 saturated carbocycles. The minimum Gasteiger partial charge on any atom is -0.760 e. The Morgan fingerprint density at radius 2 is 1.92 bits per heavy atom. The second-order valence-corrected chi connectivity index (χ2v) is 5.70. The second kappa shape index (κ2) is 9.60. The lowest BCUT2D eigenvalue weighted by Crippen LogP contribution is -2.15. The van der Waals surface area contributed by atoms with E-state index in [0.29, 0.717) is 22.3 Å². The molecule has 0 aliphatic rings. The fourth-order valence-corrected chi connectivity index (χ4v) is 2.52. The van der Waals surface area contributed by atoms with Crippen LogP contribution in [-0.2, 0) is 17.8 Å². The Kier molecular flexibility index (Phi) is 8.12. The number of benzene rings is 1. The van der Waals surface area contributed by atoms with Crippen molar-refractivity contribution >= 4 is 58.5 Å². The van der Waals surface area contributed by atoms with Crippen LogP contribution in [0, 0.1) is 5.82 Å². The molecule has 140 valence electrons. The van der Waals surface area contributed by atoms with Crippen molar-refractivity contribution in [3.63, 3.8) is 0 Å². The van der Waals surface area contributed by atoms with Crippen molar-refractivity contribution in [2.24, 2.45) is 0 Å². The lowest BCUT2D eigenvalue weighted by atomic mass is 10.1. The third-order valence-corrected chi connectivity index (χ3v) is 3.71. The van der Waals surface area contributed by atoms with Gasteiger partial charge < -0.3 is 14.9 Å². The summed E-state index contributed by atoms with van der Waals surface area (Å²) >= 11 is -2.39. The van der Waals surface area contributed by atoms with Gasteiger partial charge in [-0.15, -0.1) is 24.8 Å². The van der Waals surface area contributed by atoms with Crippen molar-refractivity contribution in [2.45, 2.75) is 6.54 Å². The number of halogens is 3. The van der Waals surface area contributed by atoms with Gasteiger partial charge in [0.1, 0.15) is 11.5 Å². The van der Waals surface area contributed by atoms with Crippen LogP contribution >= 0.6 is 24.8 Å². The Labute approximate surface area is 162 Å². The number of nitrogens with zero attached hydrogens (tertiary/aromatic N) is 1. The molecule has 26 heavy (non-hydrogen) atoms. The lowest BCUT2D eigenvalue weighted by molar-refractivity contribution is 0.522. The summed E-state index contributed by atoms with van der Waals surface area (Å²) in [5.41, 5.74) is 1.44. The van der Waals surface area contributed by atoms with E-state index in [1.54, 1.807) is 12.1 Å². The summed E-state index contributed by atoms with van der Waals surface area (Å²) in [7, 11) is 0. The number of hydrogen-bond acceptors (Lipinski definition) is 5. The van der Waals surface area contributed by atoms with Crippen LogP contribution in [0.25, 0.3) is 11.0 Å². The highest BCUT2D eigenvalue weighted by atomic mass is 35.5. The van der Waals surface area contributed by atoms with E-state index in [-0.39, 0.29) is 42.6 Å². The highest BCUT2D eigenvalue weighted by Gasteiger charge is 2.08. The van der Waals surface area contributed by atoms with Crippen LogP contribution < -0.4 is 15.6 Å². The third-order valence-electron chi connectivity index (χ3n) is 3.33. The maximum absolute atomic E-state index is 14.0. The Morgan fingerprint density at radius 3 is 2.65 bits per heavy atom. The van der Waals surface area contributed by atoms with Crippen molar-refractivity contribution in [1.29, 1.82) is 0 Å². The molecule has 3 rings (SSSR count). The van der Waals surface area contributed by atoms with Gasteiger partial charge in [0.05, 0.1) is 11.4 Å². The number of aromatic amines is 1. The molecule has 2 aromatic heterocycles. The fourth-order valence-electron chi connectivity index (χ4n) is 2.23. The molecule has 0 saturated heterocycles. The highest BCUT2D eigenvalue weighted by molar-refractivity contribution is 7.77. The van der Waals surface area contributed by atoms with Gasteiger partial charge in [0.2, 0.25) is 5.56 Å². The molecule has 7 nitrogen and oxygen atoms in total. The Hall–Kier alpha value is -2.04. The summed E-state index contributed by atoms with van der Waals surface area (Å²) in [4.78, 5) is 18.0. The minimum absolute atomic E-state index is 0. The average Bonchev–Trinajstić information content (AvgIpc) is 2.55. The van der Waals surface area contributed by atoms with Crippen molar-refractivity contribution in [3.8, 4) is 0 Å². The van der Waals surface area contributed by atoms with Crippen molar-refractivity contribution in [2.75, 3.05) is 5.32 Å². The van der Waals surface area contributed by atoms with E-state index in [2.05, 4.69) is 20.0 Å². The van der Waals surface area contributed by atoms with Gasteiger partial charge in [-0.1, -0.05) is 6.07 Å². The fraction of sp³-hybridized carbons (Fsp3) is 0.0667. The van der Waals surface area contributed by atoms with Crippen molar-refractivity contribution < 1.29 is 13.2 Å². The van der Waals surface area contributed by atoms with E-state index in [0.717, 1.165) is 0 Å². The van der Waals surface area contributed by atoms with Crippen LogP contribution in [0.4, 0.5) is 15.8 Å². The number of hydrogen-bond donors (Lipinski definition) is 3. The molecule has 3 aromatic rings. The molecule has 11 heteroatoms. The largest absolute Gasteiger partial charge is 0.760 e. The minimum atomic E-state index is -2.39. The summed E-state index contributed by atoms with van der Waals surface area (Å²) in [6.07, 6.45) is 1.49. The van der Waals surface area contributed by atoms with E-state index in [9.17, 15) is 17.9 Å². The molecule has 0 aliphatic heterocycles. The second-order valence-electron chi connectivity index (χ2n) is 4.94. The predicted octanol–water partition coefficient (Wildman–Crippen LogP) is 2.53. The van der Waals surface area contributed by atoms with Crippen LogP contribution in [0.15, 0.2) is 47.4 Å². The Morgan fingerprint density at radius 1 is 1.15 bits per heavy atom. The summed E-state index contributed by atoms with van der Waals surface area (Å²) in [6.45, 7) is 0.0511. The van der Waals surface area contributed by atoms with Crippen LogP contribution in [-0.4, -0.2) is 18.7 Å². The molecule has 3 N–H and O–H groups in total. The number of anilines is 2. The van der Waals surface area contributed by atoms with Gasteiger partial charge in [0.15, 0.2) is 0 Å². The van der Waals surface area contributed by atoms with Gasteiger partial charge in [-0.2, -0.15) is 0 Å². The maximum Gasteiger partial charge on any atom is 0.249 e. The van der Waals surface area contributed by atoms with Crippen LogP contribution in [0.3, 0.4) is 0 Å². The Balaban J connectivity index is 0.00000169.